The number of carbonyl (C=O) groups is 2. The lowest BCUT2D eigenvalue weighted by Gasteiger charge is -2.58. The summed E-state index contributed by atoms with van der Waals surface area (Å²) in [6.45, 7) is 5.20. The minimum absolute atomic E-state index is 0.0713. The largest absolute Gasteiger partial charge is 0.337 e. The number of likely N-dealkylation sites (tertiary alicyclic amines) is 2. The van der Waals surface area contributed by atoms with Gasteiger partial charge in [-0.2, -0.15) is 0 Å². The van der Waals surface area contributed by atoms with Crippen LogP contribution in [0.2, 0.25) is 0 Å². The zero-order chi connectivity index (χ0) is 20.9. The number of aromatic nitrogens is 3. The second kappa shape index (κ2) is 7.41. The summed E-state index contributed by atoms with van der Waals surface area (Å²) in [6, 6.07) is 0.346. The quantitative estimate of drug-likeness (QED) is 0.705. The van der Waals surface area contributed by atoms with Gasteiger partial charge in [-0.1, -0.05) is 12.8 Å². The van der Waals surface area contributed by atoms with Crippen LogP contribution in [0.25, 0.3) is 0 Å². The van der Waals surface area contributed by atoms with Crippen LogP contribution < -0.4 is 0 Å². The van der Waals surface area contributed by atoms with E-state index in [9.17, 15) is 9.59 Å². The molecule has 1 unspecified atom stereocenters. The number of hydrogen-bond donors (Lipinski definition) is 0. The van der Waals surface area contributed by atoms with Gasteiger partial charge < -0.3 is 9.80 Å². The third-order valence-corrected chi connectivity index (χ3v) is 8.12. The molecule has 3 aliphatic rings. The Balaban J connectivity index is 1.31. The van der Waals surface area contributed by atoms with Crippen molar-refractivity contribution in [1.29, 1.82) is 0 Å². The molecule has 1 atom stereocenters. The predicted molar refractivity (Wildman–Crippen MR) is 113 cm³/mol. The molecular weight excluding hydrogens is 398 g/mol. The average Bonchev–Trinajstić information content (AvgIpc) is 3.43. The molecule has 8 heteroatoms. The molecule has 30 heavy (non-hydrogen) atoms. The lowest BCUT2D eigenvalue weighted by Crippen LogP contribution is -2.66. The molecule has 1 spiro atoms. The number of rotatable bonds is 3. The van der Waals surface area contributed by atoms with E-state index in [-0.39, 0.29) is 23.4 Å². The van der Waals surface area contributed by atoms with E-state index in [0.717, 1.165) is 49.9 Å². The van der Waals surface area contributed by atoms with Crippen LogP contribution in [-0.4, -0.2) is 55.7 Å². The first kappa shape index (κ1) is 19.6. The van der Waals surface area contributed by atoms with Gasteiger partial charge in [-0.3, -0.25) is 14.6 Å². The molecule has 1 saturated carbocycles. The molecule has 4 heterocycles. The standard InChI is InChI=1S/C22H27N5O2S/c1-14-11-24-17(12-23-14)20(28)26-9-5-16(6-10-26)27-19(18-15(2)25-13-30-18)22(21(27)29)7-3-4-8-22/h11-13,16,19H,3-10H2,1-2H3. The Morgan fingerprint density at radius 1 is 1.10 bits per heavy atom. The minimum atomic E-state index is -0.207. The Morgan fingerprint density at radius 2 is 1.83 bits per heavy atom. The SMILES string of the molecule is Cc1cnc(C(=O)N2CCC(N3C(=O)C4(CCCC4)C3c3scnc3C)CC2)cn1. The maximum atomic E-state index is 13.4. The van der Waals surface area contributed by atoms with Crippen LogP contribution in [0.3, 0.4) is 0 Å². The van der Waals surface area contributed by atoms with E-state index in [1.54, 1.807) is 23.7 Å². The van der Waals surface area contributed by atoms with Gasteiger partial charge in [0.1, 0.15) is 5.69 Å². The van der Waals surface area contributed by atoms with Crippen molar-refractivity contribution in [3.8, 4) is 0 Å². The molecule has 2 amide bonds. The van der Waals surface area contributed by atoms with Crippen molar-refractivity contribution in [2.24, 2.45) is 5.41 Å². The zero-order valence-electron chi connectivity index (χ0n) is 17.5. The topological polar surface area (TPSA) is 79.3 Å². The van der Waals surface area contributed by atoms with E-state index in [0.29, 0.717) is 24.7 Å². The molecule has 2 saturated heterocycles. The van der Waals surface area contributed by atoms with Gasteiger partial charge in [0.05, 0.1) is 39.4 Å². The molecular formula is C22H27N5O2S. The van der Waals surface area contributed by atoms with Crippen molar-refractivity contribution in [1.82, 2.24) is 24.8 Å². The van der Waals surface area contributed by atoms with E-state index in [4.69, 9.17) is 0 Å². The zero-order valence-corrected chi connectivity index (χ0v) is 18.3. The van der Waals surface area contributed by atoms with E-state index in [1.807, 2.05) is 17.3 Å². The molecule has 2 aromatic heterocycles. The van der Waals surface area contributed by atoms with Gasteiger partial charge in [-0.05, 0) is 39.5 Å². The van der Waals surface area contributed by atoms with Gasteiger partial charge in [0, 0.05) is 25.3 Å². The Morgan fingerprint density at radius 3 is 2.43 bits per heavy atom. The summed E-state index contributed by atoms with van der Waals surface area (Å²) in [5.41, 5.74) is 3.94. The lowest BCUT2D eigenvalue weighted by atomic mass is 9.67. The fourth-order valence-electron chi connectivity index (χ4n) is 5.52. The highest BCUT2D eigenvalue weighted by molar-refractivity contribution is 7.09. The van der Waals surface area contributed by atoms with E-state index in [1.165, 1.54) is 4.88 Å². The lowest BCUT2D eigenvalue weighted by molar-refractivity contribution is -0.180. The van der Waals surface area contributed by atoms with Gasteiger partial charge in [-0.15, -0.1) is 11.3 Å². The van der Waals surface area contributed by atoms with Crippen LogP contribution in [-0.2, 0) is 4.79 Å². The van der Waals surface area contributed by atoms with Crippen molar-refractivity contribution < 1.29 is 9.59 Å². The molecule has 0 radical (unpaired) electrons. The molecule has 1 aliphatic carbocycles. The summed E-state index contributed by atoms with van der Waals surface area (Å²) < 4.78 is 0. The summed E-state index contributed by atoms with van der Waals surface area (Å²) in [7, 11) is 0. The Hall–Kier alpha value is -2.35. The van der Waals surface area contributed by atoms with Crippen molar-refractivity contribution >= 4 is 23.2 Å². The highest BCUT2D eigenvalue weighted by Gasteiger charge is 2.64. The van der Waals surface area contributed by atoms with Crippen LogP contribution in [0.4, 0.5) is 0 Å². The number of hydrogen-bond acceptors (Lipinski definition) is 6. The van der Waals surface area contributed by atoms with E-state index in [2.05, 4.69) is 26.8 Å². The molecule has 7 nitrogen and oxygen atoms in total. The van der Waals surface area contributed by atoms with Crippen LogP contribution >= 0.6 is 11.3 Å². The smallest absolute Gasteiger partial charge is 0.274 e. The van der Waals surface area contributed by atoms with Gasteiger partial charge in [0.15, 0.2) is 0 Å². The molecule has 0 bridgehead atoms. The average molecular weight is 426 g/mol. The maximum Gasteiger partial charge on any atom is 0.274 e. The highest BCUT2D eigenvalue weighted by atomic mass is 32.1. The minimum Gasteiger partial charge on any atom is -0.337 e. The molecule has 158 valence electrons. The fourth-order valence-corrected chi connectivity index (χ4v) is 6.54. The first-order valence-corrected chi connectivity index (χ1v) is 11.7. The second-order valence-corrected chi connectivity index (χ2v) is 9.73. The summed E-state index contributed by atoms with van der Waals surface area (Å²) in [5.74, 6) is 0.255. The Bertz CT molecular complexity index is 958. The number of aryl methyl sites for hydroxylation is 2. The Kier molecular flexibility index (Phi) is 4.84. The summed E-state index contributed by atoms with van der Waals surface area (Å²) in [6.07, 6.45) is 9.05. The molecule has 0 aromatic carbocycles. The monoisotopic (exact) mass is 425 g/mol. The van der Waals surface area contributed by atoms with Crippen molar-refractivity contribution in [2.75, 3.05) is 13.1 Å². The highest BCUT2D eigenvalue weighted by Crippen LogP contribution is 2.61. The third-order valence-electron chi connectivity index (χ3n) is 7.13. The number of piperidine rings is 1. The number of carbonyl (C=O) groups excluding carboxylic acids is 2. The van der Waals surface area contributed by atoms with Gasteiger partial charge in [0.25, 0.3) is 5.91 Å². The van der Waals surface area contributed by atoms with Crippen LogP contribution in [0.1, 0.15) is 71.3 Å². The summed E-state index contributed by atoms with van der Waals surface area (Å²) in [5, 5.41) is 0. The van der Waals surface area contributed by atoms with Gasteiger partial charge in [-0.25, -0.2) is 9.97 Å². The number of β-lactam (4-membered cyclic amide) rings is 1. The fraction of sp³-hybridized carbons (Fsp3) is 0.591. The molecule has 2 aliphatic heterocycles. The first-order valence-electron chi connectivity index (χ1n) is 10.8. The molecule has 2 aromatic rings. The number of nitrogens with zero attached hydrogens (tertiary/aromatic N) is 5. The van der Waals surface area contributed by atoms with Crippen LogP contribution in [0, 0.1) is 19.3 Å². The number of thiazole rings is 1. The van der Waals surface area contributed by atoms with Gasteiger partial charge >= 0.3 is 0 Å². The Labute approximate surface area is 180 Å². The van der Waals surface area contributed by atoms with E-state index >= 15 is 0 Å². The van der Waals surface area contributed by atoms with Crippen molar-refractivity contribution in [2.45, 2.75) is 64.5 Å². The first-order chi connectivity index (χ1) is 14.5. The van der Waals surface area contributed by atoms with Crippen LogP contribution in [0.15, 0.2) is 17.9 Å². The second-order valence-electron chi connectivity index (χ2n) is 8.85. The normalized spacial score (nSPS) is 23.8. The summed E-state index contributed by atoms with van der Waals surface area (Å²) >= 11 is 1.68. The van der Waals surface area contributed by atoms with Gasteiger partial charge in [0.2, 0.25) is 5.91 Å². The predicted octanol–water partition coefficient (Wildman–Crippen LogP) is 3.30. The maximum absolute atomic E-state index is 13.4. The number of amides is 2. The van der Waals surface area contributed by atoms with Crippen molar-refractivity contribution in [3.63, 3.8) is 0 Å². The van der Waals surface area contributed by atoms with E-state index < -0.39 is 0 Å². The van der Waals surface area contributed by atoms with Crippen molar-refractivity contribution in [3.05, 3.63) is 39.9 Å². The summed E-state index contributed by atoms with van der Waals surface area (Å²) in [4.78, 5) is 44.3. The molecule has 5 rings (SSSR count). The van der Waals surface area contributed by atoms with Crippen LogP contribution in [0.5, 0.6) is 0 Å². The molecule has 0 N–H and O–H groups in total. The third kappa shape index (κ3) is 2.95. The molecule has 3 fully saturated rings.